The first-order chi connectivity index (χ1) is 14.1. The summed E-state index contributed by atoms with van der Waals surface area (Å²) in [6, 6.07) is 11.7. The molecule has 0 bridgehead atoms. The fourth-order valence-electron chi connectivity index (χ4n) is 2.69. The maximum absolute atomic E-state index is 13.0. The minimum absolute atomic E-state index is 0.273. The van der Waals surface area contributed by atoms with E-state index in [0.717, 1.165) is 36.2 Å². The van der Waals surface area contributed by atoms with E-state index in [1.807, 2.05) is 18.2 Å². The molecule has 0 aliphatic rings. The Bertz CT molecular complexity index is 1030. The van der Waals surface area contributed by atoms with Crippen molar-refractivity contribution in [1.29, 1.82) is 0 Å². The van der Waals surface area contributed by atoms with Gasteiger partial charge in [-0.1, -0.05) is 25.5 Å². The molecule has 6 nitrogen and oxygen atoms in total. The molecule has 0 spiro atoms. The number of ether oxygens (including phenoxy) is 2. The largest absolute Gasteiger partial charge is 0.493 e. The highest BCUT2D eigenvalue weighted by atomic mass is 32.1. The van der Waals surface area contributed by atoms with Crippen LogP contribution in [0, 0.1) is 10.6 Å². The molecule has 0 saturated carbocycles. The van der Waals surface area contributed by atoms with Gasteiger partial charge in [0.2, 0.25) is 4.77 Å². The highest BCUT2D eigenvalue weighted by Gasteiger charge is 2.07. The number of methoxy groups -OCH3 is 1. The molecule has 1 aromatic heterocycles. The average Bonchev–Trinajstić information content (AvgIpc) is 3.09. The van der Waals surface area contributed by atoms with Gasteiger partial charge in [0.1, 0.15) is 12.4 Å². The number of rotatable bonds is 9. The van der Waals surface area contributed by atoms with Crippen molar-refractivity contribution in [3.63, 3.8) is 0 Å². The molecule has 0 atom stereocenters. The zero-order valence-corrected chi connectivity index (χ0v) is 17.2. The molecule has 0 aliphatic heterocycles. The van der Waals surface area contributed by atoms with Crippen molar-refractivity contribution in [2.75, 3.05) is 7.11 Å². The number of benzene rings is 2. The van der Waals surface area contributed by atoms with Crippen LogP contribution in [0.2, 0.25) is 0 Å². The van der Waals surface area contributed by atoms with Gasteiger partial charge in [-0.05, 0) is 60.1 Å². The summed E-state index contributed by atoms with van der Waals surface area (Å²) in [7, 11) is 1.58. The molecule has 0 fully saturated rings. The number of hydrogen-bond acceptors (Lipinski definition) is 5. The Hall–Kier alpha value is -3.00. The summed E-state index contributed by atoms with van der Waals surface area (Å²) < 4.78 is 26.4. The number of halogens is 1. The Balaban J connectivity index is 1.73. The SMILES string of the molecule is CCCCc1n[nH]c(=S)n1/N=C/c1ccc(OCc2ccc(F)cc2)c(OC)c1. The summed E-state index contributed by atoms with van der Waals surface area (Å²) in [5.74, 6) is 1.71. The normalized spacial score (nSPS) is 11.1. The van der Waals surface area contributed by atoms with Gasteiger partial charge in [0.15, 0.2) is 17.3 Å². The summed E-state index contributed by atoms with van der Waals surface area (Å²) in [6.45, 7) is 2.44. The van der Waals surface area contributed by atoms with Gasteiger partial charge in [-0.2, -0.15) is 14.9 Å². The fourth-order valence-corrected chi connectivity index (χ4v) is 2.89. The lowest BCUT2D eigenvalue weighted by Gasteiger charge is -2.11. The molecule has 0 amide bonds. The standard InChI is InChI=1S/C21H23FN4O2S/c1-3-4-5-20-24-25-21(29)26(20)23-13-16-8-11-18(19(12-16)27-2)28-14-15-6-9-17(22)10-7-15/h6-13H,3-5,14H2,1-2H3,(H,25,29)/b23-13+. The molecular weight excluding hydrogens is 391 g/mol. The summed E-state index contributed by atoms with van der Waals surface area (Å²) in [5.41, 5.74) is 1.70. The predicted octanol–water partition coefficient (Wildman–Crippen LogP) is 4.89. The van der Waals surface area contributed by atoms with Crippen LogP contribution in [0.3, 0.4) is 0 Å². The Labute approximate surface area is 174 Å². The van der Waals surface area contributed by atoms with Crippen LogP contribution >= 0.6 is 12.2 Å². The van der Waals surface area contributed by atoms with Crippen molar-refractivity contribution in [2.45, 2.75) is 32.8 Å². The first-order valence-electron chi connectivity index (χ1n) is 9.36. The van der Waals surface area contributed by atoms with E-state index < -0.39 is 0 Å². The summed E-state index contributed by atoms with van der Waals surface area (Å²) in [5, 5.41) is 11.5. The number of nitrogens with one attached hydrogen (secondary N) is 1. The molecule has 1 N–H and O–H groups in total. The van der Waals surface area contributed by atoms with Crippen LogP contribution in [0.1, 0.15) is 36.7 Å². The summed E-state index contributed by atoms with van der Waals surface area (Å²) in [4.78, 5) is 0. The zero-order valence-electron chi connectivity index (χ0n) is 16.4. The van der Waals surface area contributed by atoms with Crippen molar-refractivity contribution in [2.24, 2.45) is 5.10 Å². The van der Waals surface area contributed by atoms with E-state index in [4.69, 9.17) is 21.7 Å². The van der Waals surface area contributed by atoms with Gasteiger partial charge in [-0.25, -0.2) is 4.39 Å². The van der Waals surface area contributed by atoms with E-state index >= 15 is 0 Å². The molecule has 3 rings (SSSR count). The highest BCUT2D eigenvalue weighted by molar-refractivity contribution is 7.71. The van der Waals surface area contributed by atoms with E-state index in [1.165, 1.54) is 12.1 Å². The lowest BCUT2D eigenvalue weighted by molar-refractivity contribution is 0.284. The van der Waals surface area contributed by atoms with Gasteiger partial charge in [-0.3, -0.25) is 5.10 Å². The van der Waals surface area contributed by atoms with Crippen molar-refractivity contribution in [1.82, 2.24) is 14.9 Å². The topological polar surface area (TPSA) is 64.4 Å². The summed E-state index contributed by atoms with van der Waals surface area (Å²) in [6.07, 6.45) is 4.59. The van der Waals surface area contributed by atoms with Gasteiger partial charge in [0.25, 0.3) is 0 Å². The second-order valence-electron chi connectivity index (χ2n) is 6.43. The number of aromatic nitrogens is 3. The number of unbranched alkanes of at least 4 members (excludes halogenated alkanes) is 1. The van der Waals surface area contributed by atoms with Gasteiger partial charge >= 0.3 is 0 Å². The van der Waals surface area contributed by atoms with Gasteiger partial charge < -0.3 is 9.47 Å². The number of nitrogens with zero attached hydrogens (tertiary/aromatic N) is 3. The van der Waals surface area contributed by atoms with Crippen LogP contribution in [-0.4, -0.2) is 28.2 Å². The Morgan fingerprint density at radius 1 is 1.21 bits per heavy atom. The lowest BCUT2D eigenvalue weighted by Crippen LogP contribution is -2.00. The Morgan fingerprint density at radius 3 is 2.72 bits per heavy atom. The second kappa shape index (κ2) is 9.97. The van der Waals surface area contributed by atoms with Gasteiger partial charge in [0.05, 0.1) is 13.3 Å². The van der Waals surface area contributed by atoms with Crippen LogP contribution in [0.25, 0.3) is 0 Å². The monoisotopic (exact) mass is 414 g/mol. The molecule has 0 saturated heterocycles. The lowest BCUT2D eigenvalue weighted by atomic mass is 10.2. The van der Waals surface area contributed by atoms with Crippen LogP contribution < -0.4 is 9.47 Å². The summed E-state index contributed by atoms with van der Waals surface area (Å²) >= 11 is 5.26. The Morgan fingerprint density at radius 2 is 2.00 bits per heavy atom. The maximum Gasteiger partial charge on any atom is 0.216 e. The van der Waals surface area contributed by atoms with Crippen molar-refractivity contribution < 1.29 is 13.9 Å². The quantitative estimate of drug-likeness (QED) is 0.400. The maximum atomic E-state index is 13.0. The van der Waals surface area contributed by atoms with Crippen LogP contribution in [-0.2, 0) is 13.0 Å². The second-order valence-corrected chi connectivity index (χ2v) is 6.82. The smallest absolute Gasteiger partial charge is 0.216 e. The number of hydrogen-bond donors (Lipinski definition) is 1. The first kappa shape index (κ1) is 20.7. The minimum Gasteiger partial charge on any atom is -0.493 e. The van der Waals surface area contributed by atoms with Crippen molar-refractivity contribution in [3.05, 3.63) is 70.0 Å². The third-order valence-corrected chi connectivity index (χ3v) is 4.55. The van der Waals surface area contributed by atoms with Gasteiger partial charge in [0, 0.05) is 6.42 Å². The van der Waals surface area contributed by atoms with Gasteiger partial charge in [-0.15, -0.1) is 0 Å². The molecule has 0 radical (unpaired) electrons. The van der Waals surface area contributed by atoms with Crippen LogP contribution in [0.5, 0.6) is 11.5 Å². The molecule has 2 aromatic carbocycles. The zero-order chi connectivity index (χ0) is 20.6. The van der Waals surface area contributed by atoms with Crippen LogP contribution in [0.4, 0.5) is 4.39 Å². The minimum atomic E-state index is -0.273. The van der Waals surface area contributed by atoms with Crippen molar-refractivity contribution >= 4 is 18.4 Å². The molecule has 3 aromatic rings. The fraction of sp³-hybridized carbons (Fsp3) is 0.286. The molecule has 29 heavy (non-hydrogen) atoms. The van der Waals surface area contributed by atoms with E-state index in [2.05, 4.69) is 22.2 Å². The number of H-pyrrole nitrogens is 1. The van der Waals surface area contributed by atoms with E-state index in [9.17, 15) is 4.39 Å². The average molecular weight is 415 g/mol. The third-order valence-electron chi connectivity index (χ3n) is 4.29. The molecule has 0 aliphatic carbocycles. The van der Waals surface area contributed by atoms with Crippen molar-refractivity contribution in [3.8, 4) is 11.5 Å². The molecule has 8 heteroatoms. The molecule has 1 heterocycles. The predicted molar refractivity (Wildman–Crippen MR) is 113 cm³/mol. The highest BCUT2D eigenvalue weighted by Crippen LogP contribution is 2.28. The van der Waals surface area contributed by atoms with E-state index in [-0.39, 0.29) is 5.82 Å². The molecular formula is C21H23FN4O2S. The Kier molecular flexibility index (Phi) is 7.13. The first-order valence-corrected chi connectivity index (χ1v) is 9.77. The van der Waals surface area contributed by atoms with E-state index in [0.29, 0.717) is 22.9 Å². The van der Waals surface area contributed by atoms with Crippen LogP contribution in [0.15, 0.2) is 47.6 Å². The number of aromatic amines is 1. The number of aryl methyl sites for hydroxylation is 1. The molecule has 152 valence electrons. The van der Waals surface area contributed by atoms with E-state index in [1.54, 1.807) is 30.1 Å². The molecule has 0 unspecified atom stereocenters. The third kappa shape index (κ3) is 5.51.